The second kappa shape index (κ2) is 14.5. The predicted molar refractivity (Wildman–Crippen MR) is 110 cm³/mol. The van der Waals surface area contributed by atoms with Crippen LogP contribution in [0.15, 0.2) is 17.1 Å². The summed E-state index contributed by atoms with van der Waals surface area (Å²) in [7, 11) is 0. The van der Waals surface area contributed by atoms with E-state index in [1.807, 2.05) is 0 Å². The van der Waals surface area contributed by atoms with Gasteiger partial charge in [-0.1, -0.05) is 64.0 Å². The molecule has 0 aromatic carbocycles. The molecule has 1 heterocycles. The van der Waals surface area contributed by atoms with Crippen LogP contribution in [0, 0.1) is 0 Å². The number of aliphatic hydroxyl groups is 1. The van der Waals surface area contributed by atoms with Crippen LogP contribution in [0.1, 0.15) is 90.9 Å². The molecule has 3 nitrogen and oxygen atoms in total. The third kappa shape index (κ3) is 9.01. The number of aliphatic imine (C=N–C) groups is 1. The molecule has 0 amide bonds. The third-order valence-electron chi connectivity index (χ3n) is 5.68. The van der Waals surface area contributed by atoms with Gasteiger partial charge in [0.05, 0.1) is 19.7 Å². The standard InChI is InChI=1S/C22H43N2O/c1-3-5-6-7-8-9-10-11-12-13-14-15-16-17-22-23-18-19-24(22,4-2)20-21-25/h5-6,25H,3-4,7-21H2,1-2H3/q+1/b6-5+. The van der Waals surface area contributed by atoms with Gasteiger partial charge in [-0.2, -0.15) is 0 Å². The number of likely N-dealkylation sites (N-methyl/N-ethyl adjacent to an activating group) is 1. The van der Waals surface area contributed by atoms with Crippen LogP contribution in [-0.4, -0.2) is 48.2 Å². The molecule has 146 valence electrons. The van der Waals surface area contributed by atoms with E-state index in [1.165, 1.54) is 76.5 Å². The molecule has 0 saturated heterocycles. The minimum atomic E-state index is 0.280. The van der Waals surface area contributed by atoms with Crippen LogP contribution in [0.4, 0.5) is 0 Å². The van der Waals surface area contributed by atoms with Crippen molar-refractivity contribution < 1.29 is 9.59 Å². The molecule has 0 aliphatic carbocycles. The average Bonchev–Trinajstić information content (AvgIpc) is 3.02. The van der Waals surface area contributed by atoms with Crippen LogP contribution < -0.4 is 0 Å². The summed E-state index contributed by atoms with van der Waals surface area (Å²) in [6, 6.07) is 0. The molecule has 0 bridgehead atoms. The molecule has 0 saturated carbocycles. The van der Waals surface area contributed by atoms with Crippen molar-refractivity contribution in [1.29, 1.82) is 0 Å². The molecule has 0 fully saturated rings. The van der Waals surface area contributed by atoms with E-state index >= 15 is 0 Å². The average molecular weight is 352 g/mol. The summed E-state index contributed by atoms with van der Waals surface area (Å²) in [6.07, 6.45) is 20.6. The number of unbranched alkanes of at least 4 members (excludes halogenated alkanes) is 9. The molecule has 0 aromatic rings. The van der Waals surface area contributed by atoms with E-state index in [1.54, 1.807) is 0 Å². The molecule has 1 rings (SSSR count). The number of aliphatic hydroxyl groups excluding tert-OH is 1. The van der Waals surface area contributed by atoms with Crippen molar-refractivity contribution in [2.24, 2.45) is 4.99 Å². The maximum Gasteiger partial charge on any atom is 0.198 e. The van der Waals surface area contributed by atoms with Gasteiger partial charge in [-0.05, 0) is 32.6 Å². The minimum absolute atomic E-state index is 0.280. The Balaban J connectivity index is 1.96. The van der Waals surface area contributed by atoms with Crippen LogP contribution in [0.25, 0.3) is 0 Å². The molecule has 1 N–H and O–H groups in total. The number of hydrogen-bond donors (Lipinski definition) is 1. The molecule has 25 heavy (non-hydrogen) atoms. The van der Waals surface area contributed by atoms with Crippen LogP contribution in [-0.2, 0) is 0 Å². The number of hydrogen-bond acceptors (Lipinski definition) is 2. The molecular weight excluding hydrogens is 308 g/mol. The first-order valence-corrected chi connectivity index (χ1v) is 10.9. The largest absolute Gasteiger partial charge is 0.390 e. The number of amidine groups is 1. The van der Waals surface area contributed by atoms with Crippen molar-refractivity contribution in [3.8, 4) is 0 Å². The van der Waals surface area contributed by atoms with Gasteiger partial charge in [0.1, 0.15) is 13.1 Å². The Kier molecular flexibility index (Phi) is 13.0. The highest BCUT2D eigenvalue weighted by molar-refractivity contribution is 5.76. The molecular formula is C22H43N2O+. The zero-order valence-electron chi connectivity index (χ0n) is 17.0. The fourth-order valence-corrected chi connectivity index (χ4v) is 3.96. The van der Waals surface area contributed by atoms with E-state index in [0.717, 1.165) is 37.1 Å². The van der Waals surface area contributed by atoms with Gasteiger partial charge in [0.15, 0.2) is 5.84 Å². The summed E-state index contributed by atoms with van der Waals surface area (Å²) < 4.78 is 0.948. The molecule has 3 heteroatoms. The first kappa shape index (κ1) is 22.4. The molecule has 1 aliphatic heterocycles. The minimum Gasteiger partial charge on any atom is -0.390 e. The fraction of sp³-hybridized carbons (Fsp3) is 0.864. The summed E-state index contributed by atoms with van der Waals surface area (Å²) in [5.41, 5.74) is 0. The third-order valence-corrected chi connectivity index (χ3v) is 5.68. The number of rotatable bonds is 16. The van der Waals surface area contributed by atoms with Crippen LogP contribution in [0.2, 0.25) is 0 Å². The summed E-state index contributed by atoms with van der Waals surface area (Å²) in [5.74, 6) is 1.36. The predicted octanol–water partition coefficient (Wildman–Crippen LogP) is 5.48. The van der Waals surface area contributed by atoms with Crippen molar-refractivity contribution in [3.63, 3.8) is 0 Å². The SMILES string of the molecule is CC/C=C/CCCCCCCCCCCC1=NCC[N+]1(CC)CCO. The second-order valence-electron chi connectivity index (χ2n) is 7.53. The van der Waals surface area contributed by atoms with E-state index in [0.29, 0.717) is 0 Å². The summed E-state index contributed by atoms with van der Waals surface area (Å²) in [5, 5.41) is 9.35. The molecule has 1 atom stereocenters. The molecule has 1 aliphatic rings. The first-order valence-electron chi connectivity index (χ1n) is 10.9. The van der Waals surface area contributed by atoms with Crippen LogP contribution >= 0.6 is 0 Å². The first-order chi connectivity index (χ1) is 12.3. The highest BCUT2D eigenvalue weighted by atomic mass is 16.3. The van der Waals surface area contributed by atoms with Gasteiger partial charge >= 0.3 is 0 Å². The van der Waals surface area contributed by atoms with Gasteiger partial charge in [0.2, 0.25) is 0 Å². The Morgan fingerprint density at radius 2 is 1.56 bits per heavy atom. The summed E-state index contributed by atoms with van der Waals surface area (Å²) in [4.78, 5) is 4.75. The van der Waals surface area contributed by atoms with Crippen molar-refractivity contribution in [1.82, 2.24) is 0 Å². The van der Waals surface area contributed by atoms with E-state index in [2.05, 4.69) is 26.0 Å². The molecule has 0 radical (unpaired) electrons. The highest BCUT2D eigenvalue weighted by Crippen LogP contribution is 2.20. The smallest absolute Gasteiger partial charge is 0.198 e. The van der Waals surface area contributed by atoms with E-state index < -0.39 is 0 Å². The monoisotopic (exact) mass is 351 g/mol. The van der Waals surface area contributed by atoms with Crippen LogP contribution in [0.3, 0.4) is 0 Å². The lowest BCUT2D eigenvalue weighted by Gasteiger charge is -2.33. The number of quaternary nitrogens is 1. The van der Waals surface area contributed by atoms with Gasteiger partial charge in [-0.25, -0.2) is 4.99 Å². The van der Waals surface area contributed by atoms with Crippen molar-refractivity contribution >= 4 is 5.84 Å². The van der Waals surface area contributed by atoms with Crippen LogP contribution in [0.5, 0.6) is 0 Å². The topological polar surface area (TPSA) is 32.6 Å². The maximum atomic E-state index is 9.35. The number of allylic oxidation sites excluding steroid dienone is 2. The lowest BCUT2D eigenvalue weighted by atomic mass is 10.0. The normalized spacial score (nSPS) is 20.5. The quantitative estimate of drug-likeness (QED) is 0.223. The number of nitrogens with zero attached hydrogens (tertiary/aromatic N) is 2. The molecule has 0 spiro atoms. The Bertz CT molecular complexity index is 378. The van der Waals surface area contributed by atoms with Crippen molar-refractivity contribution in [3.05, 3.63) is 12.2 Å². The zero-order chi connectivity index (χ0) is 18.2. The Hall–Kier alpha value is -0.670. The van der Waals surface area contributed by atoms with Gasteiger partial charge in [-0.3, -0.25) is 4.48 Å². The lowest BCUT2D eigenvalue weighted by Crippen LogP contribution is -2.52. The van der Waals surface area contributed by atoms with Gasteiger partial charge < -0.3 is 5.11 Å². The van der Waals surface area contributed by atoms with Gasteiger partial charge in [0, 0.05) is 6.42 Å². The Morgan fingerprint density at radius 1 is 0.920 bits per heavy atom. The van der Waals surface area contributed by atoms with E-state index in [9.17, 15) is 5.11 Å². The Morgan fingerprint density at radius 3 is 2.16 bits per heavy atom. The summed E-state index contributed by atoms with van der Waals surface area (Å²) >= 11 is 0. The van der Waals surface area contributed by atoms with Gasteiger partial charge in [0.25, 0.3) is 0 Å². The van der Waals surface area contributed by atoms with E-state index in [-0.39, 0.29) is 6.61 Å². The fourth-order valence-electron chi connectivity index (χ4n) is 3.96. The molecule has 1 unspecified atom stereocenters. The zero-order valence-corrected chi connectivity index (χ0v) is 17.0. The Labute approximate surface area is 156 Å². The van der Waals surface area contributed by atoms with Crippen molar-refractivity contribution in [2.75, 3.05) is 32.8 Å². The maximum absolute atomic E-state index is 9.35. The van der Waals surface area contributed by atoms with Crippen molar-refractivity contribution in [2.45, 2.75) is 90.9 Å². The van der Waals surface area contributed by atoms with E-state index in [4.69, 9.17) is 4.99 Å². The molecule has 0 aromatic heterocycles. The summed E-state index contributed by atoms with van der Waals surface area (Å²) in [6.45, 7) is 8.69. The lowest BCUT2D eigenvalue weighted by molar-refractivity contribution is -0.835. The second-order valence-corrected chi connectivity index (χ2v) is 7.53. The highest BCUT2D eigenvalue weighted by Gasteiger charge is 2.35. The van der Waals surface area contributed by atoms with Gasteiger partial charge in [-0.15, -0.1) is 0 Å².